The second kappa shape index (κ2) is 8.17. The van der Waals surface area contributed by atoms with Crippen molar-refractivity contribution in [3.8, 4) is 0 Å². The summed E-state index contributed by atoms with van der Waals surface area (Å²) in [5.41, 5.74) is 1.34. The Kier molecular flexibility index (Phi) is 5.71. The van der Waals surface area contributed by atoms with E-state index in [2.05, 4.69) is 15.1 Å². The molecule has 0 radical (unpaired) electrons. The van der Waals surface area contributed by atoms with Crippen LogP contribution in [0.4, 0.5) is 5.69 Å². The summed E-state index contributed by atoms with van der Waals surface area (Å²) in [4.78, 5) is 20.0. The molecular weight excluding hydrogens is 440 g/mol. The first-order valence-electron chi connectivity index (χ1n) is 9.82. The van der Waals surface area contributed by atoms with Crippen LogP contribution < -0.4 is 0 Å². The lowest BCUT2D eigenvalue weighted by Gasteiger charge is -2.30. The lowest BCUT2D eigenvalue weighted by molar-refractivity contribution is -0.388. The minimum Gasteiger partial charge on any atom is -0.258 e. The summed E-state index contributed by atoms with van der Waals surface area (Å²) < 4.78 is 29.0. The molecule has 2 aromatic heterocycles. The van der Waals surface area contributed by atoms with Crippen LogP contribution in [0.3, 0.4) is 0 Å². The highest BCUT2D eigenvalue weighted by Crippen LogP contribution is 2.36. The van der Waals surface area contributed by atoms with Gasteiger partial charge >= 0.3 is 0 Å². The maximum absolute atomic E-state index is 13.0. The van der Waals surface area contributed by atoms with Crippen LogP contribution >= 0.6 is 11.8 Å². The van der Waals surface area contributed by atoms with Gasteiger partial charge in [-0.05, 0) is 62.6 Å². The van der Waals surface area contributed by atoms with Crippen LogP contribution in [-0.2, 0) is 10.0 Å². The van der Waals surface area contributed by atoms with Gasteiger partial charge in [-0.3, -0.25) is 10.1 Å². The van der Waals surface area contributed by atoms with Gasteiger partial charge < -0.3 is 0 Å². The van der Waals surface area contributed by atoms with Gasteiger partial charge in [0.2, 0.25) is 15.2 Å². The predicted molar refractivity (Wildman–Crippen MR) is 115 cm³/mol. The molecule has 4 rings (SSSR count). The standard InChI is InChI=1S/C19H22N6O4S2/c1-12-5-4-8-23(11-12)31(28,29)15-6-7-17(16(10-15)25(26)27)30-19-21-18-20-13(2)9-14(3)24(18)22-19/h6-7,9-10,12H,4-5,8,11H2,1-3H3. The molecule has 12 heteroatoms. The third-order valence-corrected chi connectivity index (χ3v) is 7.97. The van der Waals surface area contributed by atoms with E-state index >= 15 is 0 Å². The number of aromatic nitrogens is 4. The van der Waals surface area contributed by atoms with Crippen LogP contribution in [0.5, 0.6) is 0 Å². The van der Waals surface area contributed by atoms with Gasteiger partial charge in [-0.2, -0.15) is 9.29 Å². The van der Waals surface area contributed by atoms with Gasteiger partial charge in [-0.25, -0.2) is 17.9 Å². The third-order valence-electron chi connectivity index (χ3n) is 5.18. The fourth-order valence-corrected chi connectivity index (χ4v) is 6.13. The van der Waals surface area contributed by atoms with Crippen LogP contribution in [-0.4, -0.2) is 50.3 Å². The van der Waals surface area contributed by atoms with E-state index in [9.17, 15) is 18.5 Å². The second-order valence-electron chi connectivity index (χ2n) is 7.74. The minimum absolute atomic E-state index is 0.0752. The lowest BCUT2D eigenvalue weighted by atomic mass is 10.0. The van der Waals surface area contributed by atoms with Crippen molar-refractivity contribution in [1.29, 1.82) is 0 Å². The van der Waals surface area contributed by atoms with E-state index in [1.807, 2.05) is 26.8 Å². The van der Waals surface area contributed by atoms with Gasteiger partial charge in [-0.15, -0.1) is 5.10 Å². The van der Waals surface area contributed by atoms with E-state index in [0.29, 0.717) is 24.0 Å². The topological polar surface area (TPSA) is 124 Å². The number of rotatable bonds is 5. The maximum Gasteiger partial charge on any atom is 0.284 e. The van der Waals surface area contributed by atoms with Crippen LogP contribution in [0.2, 0.25) is 0 Å². The van der Waals surface area contributed by atoms with Crippen molar-refractivity contribution >= 4 is 33.3 Å². The van der Waals surface area contributed by atoms with E-state index in [1.165, 1.54) is 16.4 Å². The van der Waals surface area contributed by atoms with E-state index in [4.69, 9.17) is 0 Å². The Bertz CT molecular complexity index is 1270. The molecule has 3 aromatic rings. The molecule has 1 atom stereocenters. The highest BCUT2D eigenvalue weighted by atomic mass is 32.2. The zero-order valence-corrected chi connectivity index (χ0v) is 19.0. The fraction of sp³-hybridized carbons (Fsp3) is 0.421. The Morgan fingerprint density at radius 3 is 2.71 bits per heavy atom. The molecule has 1 fully saturated rings. The molecule has 0 saturated carbocycles. The molecule has 1 aliphatic rings. The van der Waals surface area contributed by atoms with Crippen LogP contribution in [0.1, 0.15) is 31.2 Å². The molecule has 0 bridgehead atoms. The third kappa shape index (κ3) is 4.27. The van der Waals surface area contributed by atoms with Crippen molar-refractivity contribution in [2.24, 2.45) is 5.92 Å². The van der Waals surface area contributed by atoms with Gasteiger partial charge in [0, 0.05) is 30.5 Å². The maximum atomic E-state index is 13.0. The van der Waals surface area contributed by atoms with Crippen molar-refractivity contribution < 1.29 is 13.3 Å². The normalized spacial score (nSPS) is 17.8. The van der Waals surface area contributed by atoms with E-state index in [-0.39, 0.29) is 21.4 Å². The Labute approximate surface area is 183 Å². The summed E-state index contributed by atoms with van der Waals surface area (Å²) in [6.45, 7) is 6.57. The molecule has 0 amide bonds. The van der Waals surface area contributed by atoms with Gasteiger partial charge in [-0.1, -0.05) is 6.92 Å². The monoisotopic (exact) mass is 462 g/mol. The minimum atomic E-state index is -3.80. The molecule has 1 aliphatic heterocycles. The zero-order chi connectivity index (χ0) is 22.3. The average Bonchev–Trinajstić information content (AvgIpc) is 3.10. The molecule has 3 heterocycles. The molecule has 10 nitrogen and oxygen atoms in total. The highest BCUT2D eigenvalue weighted by molar-refractivity contribution is 7.99. The molecular formula is C19H22N6O4S2. The Hall–Kier alpha value is -2.57. The first kappa shape index (κ1) is 21.7. The lowest BCUT2D eigenvalue weighted by Crippen LogP contribution is -2.39. The summed E-state index contributed by atoms with van der Waals surface area (Å²) in [7, 11) is -3.80. The summed E-state index contributed by atoms with van der Waals surface area (Å²) in [6, 6.07) is 5.84. The van der Waals surface area contributed by atoms with E-state index < -0.39 is 14.9 Å². The smallest absolute Gasteiger partial charge is 0.258 e. The van der Waals surface area contributed by atoms with Crippen LogP contribution in [0.25, 0.3) is 5.78 Å². The summed E-state index contributed by atoms with van der Waals surface area (Å²) in [5.74, 6) is 0.663. The largest absolute Gasteiger partial charge is 0.284 e. The summed E-state index contributed by atoms with van der Waals surface area (Å²) in [5, 5.41) is 16.4. The number of nitro benzene ring substituents is 1. The molecule has 1 saturated heterocycles. The van der Waals surface area contributed by atoms with Gasteiger partial charge in [0.1, 0.15) is 0 Å². The van der Waals surface area contributed by atoms with Gasteiger partial charge in [0.05, 0.1) is 14.7 Å². The number of aryl methyl sites for hydroxylation is 2. The number of fused-ring (bicyclic) bond motifs is 1. The summed E-state index contributed by atoms with van der Waals surface area (Å²) in [6.07, 6.45) is 1.75. The SMILES string of the molecule is Cc1cc(C)n2nc(Sc3ccc(S(=O)(=O)N4CCCC(C)C4)cc3[N+](=O)[O-])nc2n1. The fourth-order valence-electron chi connectivity index (χ4n) is 3.69. The summed E-state index contributed by atoms with van der Waals surface area (Å²) >= 11 is 1.01. The Balaban J connectivity index is 1.68. The van der Waals surface area contributed by atoms with E-state index in [1.54, 1.807) is 4.52 Å². The number of nitrogens with zero attached hydrogens (tertiary/aromatic N) is 6. The second-order valence-corrected chi connectivity index (χ2v) is 10.7. The number of hydrogen-bond acceptors (Lipinski definition) is 8. The molecule has 1 unspecified atom stereocenters. The van der Waals surface area contributed by atoms with Gasteiger partial charge in [0.25, 0.3) is 11.5 Å². The zero-order valence-electron chi connectivity index (χ0n) is 17.3. The van der Waals surface area contributed by atoms with Crippen molar-refractivity contribution in [3.63, 3.8) is 0 Å². The Morgan fingerprint density at radius 2 is 2.00 bits per heavy atom. The number of benzene rings is 1. The van der Waals surface area contributed by atoms with Crippen molar-refractivity contribution in [3.05, 3.63) is 45.8 Å². The molecule has 0 N–H and O–H groups in total. The quantitative estimate of drug-likeness (QED) is 0.418. The van der Waals surface area contributed by atoms with Gasteiger partial charge in [0.15, 0.2) is 0 Å². The van der Waals surface area contributed by atoms with Crippen molar-refractivity contribution in [2.45, 2.75) is 48.6 Å². The highest BCUT2D eigenvalue weighted by Gasteiger charge is 2.31. The molecule has 0 spiro atoms. The predicted octanol–water partition coefficient (Wildman–Crippen LogP) is 3.22. The number of piperidine rings is 1. The Morgan fingerprint density at radius 1 is 1.23 bits per heavy atom. The number of hydrogen-bond donors (Lipinski definition) is 0. The first-order chi connectivity index (χ1) is 14.6. The molecule has 0 aliphatic carbocycles. The first-order valence-corrected chi connectivity index (χ1v) is 12.1. The van der Waals surface area contributed by atoms with E-state index in [0.717, 1.165) is 42.1 Å². The number of nitro groups is 1. The van der Waals surface area contributed by atoms with Crippen LogP contribution in [0.15, 0.2) is 39.2 Å². The van der Waals surface area contributed by atoms with Crippen molar-refractivity contribution in [1.82, 2.24) is 23.9 Å². The average molecular weight is 463 g/mol. The molecule has 164 valence electrons. The number of sulfonamides is 1. The molecule has 31 heavy (non-hydrogen) atoms. The van der Waals surface area contributed by atoms with Crippen LogP contribution in [0, 0.1) is 29.9 Å². The van der Waals surface area contributed by atoms with Crippen molar-refractivity contribution in [2.75, 3.05) is 13.1 Å². The molecule has 1 aromatic carbocycles.